The van der Waals surface area contributed by atoms with Crippen LogP contribution in [0.5, 0.6) is 5.75 Å². The lowest BCUT2D eigenvalue weighted by Crippen LogP contribution is -2.05. The van der Waals surface area contributed by atoms with Crippen molar-refractivity contribution in [2.45, 2.75) is 39.5 Å². The van der Waals surface area contributed by atoms with Gasteiger partial charge in [-0.25, -0.2) is 9.97 Å². The lowest BCUT2D eigenvalue weighted by atomic mass is 10.1. The Morgan fingerprint density at radius 1 is 1.14 bits per heavy atom. The molecule has 3 nitrogen and oxygen atoms in total. The third-order valence-corrected chi connectivity index (χ3v) is 2.08. The number of aromatic nitrogens is 2. The molecule has 0 spiro atoms. The Morgan fingerprint density at radius 3 is 2.21 bits per heavy atom. The lowest BCUT2D eigenvalue weighted by Gasteiger charge is -2.12. The van der Waals surface area contributed by atoms with E-state index in [4.69, 9.17) is 4.74 Å². The van der Waals surface area contributed by atoms with Gasteiger partial charge in [0, 0.05) is 5.92 Å². The van der Waals surface area contributed by atoms with Crippen molar-refractivity contribution in [1.29, 1.82) is 0 Å². The van der Waals surface area contributed by atoms with E-state index in [-0.39, 0.29) is 0 Å². The fourth-order valence-corrected chi connectivity index (χ4v) is 1.25. The van der Waals surface area contributed by atoms with E-state index >= 15 is 0 Å². The van der Waals surface area contributed by atoms with Crippen LogP contribution in [-0.4, -0.2) is 17.1 Å². The molecule has 0 radical (unpaired) electrons. The van der Waals surface area contributed by atoms with Gasteiger partial charge in [-0.1, -0.05) is 27.7 Å². The van der Waals surface area contributed by atoms with E-state index in [2.05, 4.69) is 37.7 Å². The smallest absolute Gasteiger partial charge is 0.158 e. The molecule has 14 heavy (non-hydrogen) atoms. The lowest BCUT2D eigenvalue weighted by molar-refractivity contribution is 0.400. The first kappa shape index (κ1) is 11.0. The third-order valence-electron chi connectivity index (χ3n) is 2.08. The maximum Gasteiger partial charge on any atom is 0.158 e. The number of nitrogens with zero attached hydrogens (tertiary/aromatic N) is 2. The second-order valence-corrected chi connectivity index (χ2v) is 3.99. The third kappa shape index (κ3) is 2.22. The molecule has 0 unspecified atom stereocenters. The zero-order valence-electron chi connectivity index (χ0n) is 9.53. The van der Waals surface area contributed by atoms with Crippen LogP contribution in [0.1, 0.15) is 51.0 Å². The van der Waals surface area contributed by atoms with E-state index in [0.717, 1.165) is 17.3 Å². The van der Waals surface area contributed by atoms with Crippen LogP contribution in [0, 0.1) is 0 Å². The zero-order valence-corrected chi connectivity index (χ0v) is 9.53. The highest BCUT2D eigenvalue weighted by atomic mass is 16.5. The Bertz CT molecular complexity index is 308. The number of ether oxygens (including phenoxy) is 1. The highest BCUT2D eigenvalue weighted by molar-refractivity contribution is 5.27. The van der Waals surface area contributed by atoms with Crippen molar-refractivity contribution in [3.05, 3.63) is 17.7 Å². The molecule has 0 saturated heterocycles. The SMILES string of the molecule is COc1cnc(C(C)C)nc1C(C)C. The normalized spacial score (nSPS) is 11.1. The summed E-state index contributed by atoms with van der Waals surface area (Å²) in [4.78, 5) is 8.76. The maximum absolute atomic E-state index is 5.22. The molecular formula is C11H18N2O. The molecule has 78 valence electrons. The molecule has 0 aliphatic rings. The van der Waals surface area contributed by atoms with Gasteiger partial charge in [-0.3, -0.25) is 0 Å². The van der Waals surface area contributed by atoms with Crippen LogP contribution in [-0.2, 0) is 0 Å². The average molecular weight is 194 g/mol. The Hall–Kier alpha value is -1.12. The van der Waals surface area contributed by atoms with Gasteiger partial charge in [0.15, 0.2) is 5.75 Å². The first-order valence-electron chi connectivity index (χ1n) is 4.97. The van der Waals surface area contributed by atoms with E-state index in [9.17, 15) is 0 Å². The number of hydrogen-bond acceptors (Lipinski definition) is 3. The topological polar surface area (TPSA) is 35.0 Å². The molecule has 0 aliphatic carbocycles. The monoisotopic (exact) mass is 194 g/mol. The first-order chi connectivity index (χ1) is 6.56. The second kappa shape index (κ2) is 4.40. The van der Waals surface area contributed by atoms with Crippen LogP contribution < -0.4 is 4.74 Å². The number of rotatable bonds is 3. The Balaban J connectivity index is 3.14. The van der Waals surface area contributed by atoms with Crippen LogP contribution in [0.15, 0.2) is 6.20 Å². The number of hydrogen-bond donors (Lipinski definition) is 0. The summed E-state index contributed by atoms with van der Waals surface area (Å²) < 4.78 is 5.22. The minimum Gasteiger partial charge on any atom is -0.493 e. The van der Waals surface area contributed by atoms with Crippen LogP contribution in [0.3, 0.4) is 0 Å². The van der Waals surface area contributed by atoms with Crippen LogP contribution >= 0.6 is 0 Å². The Labute approximate surface area is 85.5 Å². The largest absolute Gasteiger partial charge is 0.493 e. The minimum absolute atomic E-state index is 0.360. The molecular weight excluding hydrogens is 176 g/mol. The molecule has 1 rings (SSSR count). The summed E-state index contributed by atoms with van der Waals surface area (Å²) in [6, 6.07) is 0. The van der Waals surface area contributed by atoms with Gasteiger partial charge in [0.1, 0.15) is 5.82 Å². The number of methoxy groups -OCH3 is 1. The average Bonchev–Trinajstić information content (AvgIpc) is 2.16. The van der Waals surface area contributed by atoms with Gasteiger partial charge in [-0.15, -0.1) is 0 Å². The second-order valence-electron chi connectivity index (χ2n) is 3.99. The van der Waals surface area contributed by atoms with Gasteiger partial charge in [-0.05, 0) is 5.92 Å². The van der Waals surface area contributed by atoms with E-state index in [0.29, 0.717) is 11.8 Å². The summed E-state index contributed by atoms with van der Waals surface area (Å²) in [5.41, 5.74) is 0.992. The quantitative estimate of drug-likeness (QED) is 0.742. The van der Waals surface area contributed by atoms with E-state index in [1.807, 2.05) is 0 Å². The minimum atomic E-state index is 0.360. The molecule has 0 fully saturated rings. The van der Waals surface area contributed by atoms with E-state index in [1.54, 1.807) is 13.3 Å². The van der Waals surface area contributed by atoms with Crippen molar-refractivity contribution in [2.24, 2.45) is 0 Å². The molecule has 0 aliphatic heterocycles. The molecule has 1 heterocycles. The summed E-state index contributed by atoms with van der Waals surface area (Å²) in [5.74, 6) is 2.39. The summed E-state index contributed by atoms with van der Waals surface area (Å²) in [5, 5.41) is 0. The summed E-state index contributed by atoms with van der Waals surface area (Å²) >= 11 is 0. The van der Waals surface area contributed by atoms with Crippen molar-refractivity contribution in [1.82, 2.24) is 9.97 Å². The van der Waals surface area contributed by atoms with Gasteiger partial charge < -0.3 is 4.74 Å². The predicted octanol–water partition coefficient (Wildman–Crippen LogP) is 2.73. The predicted molar refractivity (Wildman–Crippen MR) is 56.8 cm³/mol. The van der Waals surface area contributed by atoms with Gasteiger partial charge >= 0.3 is 0 Å². The first-order valence-corrected chi connectivity index (χ1v) is 4.97. The highest BCUT2D eigenvalue weighted by Crippen LogP contribution is 2.24. The zero-order chi connectivity index (χ0) is 10.7. The van der Waals surface area contributed by atoms with Crippen LogP contribution in [0.25, 0.3) is 0 Å². The molecule has 0 N–H and O–H groups in total. The maximum atomic E-state index is 5.22. The van der Waals surface area contributed by atoms with Crippen molar-refractivity contribution in [3.8, 4) is 5.75 Å². The fourth-order valence-electron chi connectivity index (χ4n) is 1.25. The van der Waals surface area contributed by atoms with Crippen LogP contribution in [0.4, 0.5) is 0 Å². The molecule has 3 heteroatoms. The van der Waals surface area contributed by atoms with Gasteiger partial charge in [0.05, 0.1) is 19.0 Å². The van der Waals surface area contributed by atoms with Crippen molar-refractivity contribution in [2.75, 3.05) is 7.11 Å². The van der Waals surface area contributed by atoms with Crippen molar-refractivity contribution in [3.63, 3.8) is 0 Å². The van der Waals surface area contributed by atoms with Gasteiger partial charge in [-0.2, -0.15) is 0 Å². The van der Waals surface area contributed by atoms with Crippen LogP contribution in [0.2, 0.25) is 0 Å². The molecule has 1 aromatic heterocycles. The Morgan fingerprint density at radius 2 is 1.79 bits per heavy atom. The summed E-state index contributed by atoms with van der Waals surface area (Å²) in [6.45, 7) is 8.39. The Kier molecular flexibility index (Phi) is 3.44. The summed E-state index contributed by atoms with van der Waals surface area (Å²) in [6.07, 6.45) is 1.76. The standard InChI is InChI=1S/C11H18N2O/c1-7(2)10-9(14-5)6-12-11(13-10)8(3)4/h6-8H,1-5H3. The fraction of sp³-hybridized carbons (Fsp3) is 0.636. The molecule has 0 amide bonds. The highest BCUT2D eigenvalue weighted by Gasteiger charge is 2.12. The molecule has 0 saturated carbocycles. The summed E-state index contributed by atoms with van der Waals surface area (Å²) in [7, 11) is 1.65. The van der Waals surface area contributed by atoms with Gasteiger partial charge in [0.2, 0.25) is 0 Å². The molecule has 0 bridgehead atoms. The molecule has 0 aromatic carbocycles. The van der Waals surface area contributed by atoms with Crippen molar-refractivity contribution >= 4 is 0 Å². The van der Waals surface area contributed by atoms with E-state index < -0.39 is 0 Å². The van der Waals surface area contributed by atoms with E-state index in [1.165, 1.54) is 0 Å². The van der Waals surface area contributed by atoms with Crippen molar-refractivity contribution < 1.29 is 4.74 Å². The van der Waals surface area contributed by atoms with Gasteiger partial charge in [0.25, 0.3) is 0 Å². The molecule has 1 aromatic rings. The molecule has 0 atom stereocenters.